The Hall–Kier alpha value is -4.22. The van der Waals surface area contributed by atoms with Crippen LogP contribution < -0.4 is 15.6 Å². The van der Waals surface area contributed by atoms with Crippen molar-refractivity contribution in [1.82, 2.24) is 29.7 Å². The number of aromatic amines is 1. The summed E-state index contributed by atoms with van der Waals surface area (Å²) in [6.45, 7) is 3.99. The van der Waals surface area contributed by atoms with Gasteiger partial charge in [-0.05, 0) is 26.7 Å². The van der Waals surface area contributed by atoms with Crippen LogP contribution in [0.2, 0.25) is 0 Å². The highest BCUT2D eigenvalue weighted by atomic mass is 16.3. The van der Waals surface area contributed by atoms with Crippen LogP contribution in [0.4, 0.5) is 5.82 Å². The number of hydrogen-bond donors (Lipinski definition) is 3. The Morgan fingerprint density at radius 1 is 1.28 bits per heavy atom. The number of carbonyl (C=O) groups is 3. The van der Waals surface area contributed by atoms with E-state index in [0.717, 1.165) is 24.6 Å². The summed E-state index contributed by atoms with van der Waals surface area (Å²) in [5.74, 6) is -1.58. The molecule has 3 aromatic heterocycles. The minimum Gasteiger partial charge on any atom is -0.503 e. The molecule has 188 valence electrons. The zero-order valence-electron chi connectivity index (χ0n) is 20.2. The van der Waals surface area contributed by atoms with Gasteiger partial charge in [0.25, 0.3) is 11.8 Å². The van der Waals surface area contributed by atoms with Crippen LogP contribution in [0.15, 0.2) is 23.3 Å². The molecule has 12 heteroatoms. The quantitative estimate of drug-likeness (QED) is 0.462. The molecular formula is C24H27N7O5. The summed E-state index contributed by atoms with van der Waals surface area (Å²) in [7, 11) is 1.45. The van der Waals surface area contributed by atoms with Crippen molar-refractivity contribution in [3.8, 4) is 5.75 Å². The van der Waals surface area contributed by atoms with E-state index in [1.54, 1.807) is 11.1 Å². The third kappa shape index (κ3) is 3.97. The van der Waals surface area contributed by atoms with Crippen molar-refractivity contribution < 1.29 is 19.5 Å². The van der Waals surface area contributed by atoms with E-state index in [-0.39, 0.29) is 29.7 Å². The van der Waals surface area contributed by atoms with Crippen molar-refractivity contribution >= 4 is 34.7 Å². The first kappa shape index (κ1) is 23.5. The van der Waals surface area contributed by atoms with Crippen molar-refractivity contribution in [2.75, 3.05) is 25.0 Å². The molecule has 12 nitrogen and oxygen atoms in total. The van der Waals surface area contributed by atoms with Gasteiger partial charge in [0.1, 0.15) is 11.3 Å². The van der Waals surface area contributed by atoms with E-state index in [1.807, 2.05) is 13.8 Å². The van der Waals surface area contributed by atoms with Crippen LogP contribution in [0.25, 0.3) is 11.2 Å². The number of rotatable bonds is 6. The van der Waals surface area contributed by atoms with Crippen molar-refractivity contribution in [3.05, 3.63) is 45.6 Å². The summed E-state index contributed by atoms with van der Waals surface area (Å²) >= 11 is 0. The minimum absolute atomic E-state index is 0.117. The molecule has 0 atom stereocenters. The van der Waals surface area contributed by atoms with Crippen molar-refractivity contribution in [2.45, 2.75) is 45.2 Å². The zero-order valence-corrected chi connectivity index (χ0v) is 20.2. The van der Waals surface area contributed by atoms with Gasteiger partial charge in [-0.25, -0.2) is 9.97 Å². The van der Waals surface area contributed by atoms with Gasteiger partial charge in [-0.2, -0.15) is 0 Å². The van der Waals surface area contributed by atoms with Crippen LogP contribution in [0.5, 0.6) is 5.75 Å². The highest BCUT2D eigenvalue weighted by Gasteiger charge is 2.33. The van der Waals surface area contributed by atoms with Crippen LogP contribution in [-0.4, -0.2) is 73.4 Å². The van der Waals surface area contributed by atoms with Crippen molar-refractivity contribution in [3.63, 3.8) is 0 Å². The lowest BCUT2D eigenvalue weighted by atomic mass is 10.1. The van der Waals surface area contributed by atoms with E-state index < -0.39 is 28.9 Å². The lowest BCUT2D eigenvalue weighted by molar-refractivity contribution is -0.117. The molecule has 0 aromatic carbocycles. The van der Waals surface area contributed by atoms with E-state index in [0.29, 0.717) is 30.2 Å². The van der Waals surface area contributed by atoms with Crippen molar-refractivity contribution in [2.24, 2.45) is 0 Å². The Balaban J connectivity index is 1.35. The SMILES string of the molecule is CC(C)N1CCn2c(N(C)C(=O)CNC(=O)c3c[nH]c4ncc(C5CC5)nc34)cc(=O)c(O)c2C1=O. The number of likely N-dealkylation sites (N-methyl/N-ethyl adjacent to an activating group) is 1. The molecule has 1 aliphatic carbocycles. The molecule has 2 aliphatic rings. The second-order valence-corrected chi connectivity index (χ2v) is 9.41. The summed E-state index contributed by atoms with van der Waals surface area (Å²) in [5, 5.41) is 12.9. The van der Waals surface area contributed by atoms with Gasteiger partial charge in [-0.1, -0.05) is 0 Å². The smallest absolute Gasteiger partial charge is 0.274 e. The first-order valence-electron chi connectivity index (χ1n) is 11.8. The molecule has 5 rings (SSSR count). The predicted octanol–water partition coefficient (Wildman–Crippen LogP) is 0.960. The number of nitrogens with zero attached hydrogens (tertiary/aromatic N) is 5. The standard InChI is InChI=1S/C24H27N7O5/c1-12(2)30-6-7-31-17(8-16(32)21(34)20(31)24(30)36)29(3)18(33)11-27-23(35)14-9-25-22-19(14)28-15(10-26-22)13-4-5-13/h8-10,12-13,34H,4-7,11H2,1-3H3,(H,25,26)(H,27,35). The lowest BCUT2D eigenvalue weighted by Crippen LogP contribution is -2.47. The van der Waals surface area contributed by atoms with Gasteiger partial charge >= 0.3 is 0 Å². The molecule has 0 saturated heterocycles. The molecule has 0 spiro atoms. The van der Waals surface area contributed by atoms with E-state index in [1.165, 1.54) is 22.7 Å². The van der Waals surface area contributed by atoms with Gasteiger partial charge in [0.15, 0.2) is 17.1 Å². The molecule has 1 aliphatic heterocycles. The van der Waals surface area contributed by atoms with Crippen LogP contribution in [0, 0.1) is 0 Å². The van der Waals surface area contributed by atoms with Gasteiger partial charge in [0.05, 0.1) is 24.0 Å². The average molecular weight is 494 g/mol. The molecule has 3 aromatic rings. The fourth-order valence-electron chi connectivity index (χ4n) is 4.43. The summed E-state index contributed by atoms with van der Waals surface area (Å²) < 4.78 is 1.46. The predicted molar refractivity (Wildman–Crippen MR) is 130 cm³/mol. The van der Waals surface area contributed by atoms with Crippen molar-refractivity contribution in [1.29, 1.82) is 0 Å². The number of aromatic nitrogens is 4. The molecule has 3 amide bonds. The average Bonchev–Trinajstić information content (AvgIpc) is 3.62. The topological polar surface area (TPSA) is 154 Å². The van der Waals surface area contributed by atoms with E-state index in [9.17, 15) is 24.3 Å². The van der Waals surface area contributed by atoms with E-state index >= 15 is 0 Å². The maximum absolute atomic E-state index is 13.0. The largest absolute Gasteiger partial charge is 0.503 e. The number of carbonyl (C=O) groups excluding carboxylic acids is 3. The molecule has 36 heavy (non-hydrogen) atoms. The normalized spacial score (nSPS) is 15.3. The molecule has 1 fully saturated rings. The maximum Gasteiger partial charge on any atom is 0.274 e. The number of amides is 3. The number of nitrogens with one attached hydrogen (secondary N) is 2. The monoisotopic (exact) mass is 493 g/mol. The van der Waals surface area contributed by atoms with Gasteiger partial charge in [-0.3, -0.25) is 24.1 Å². The molecule has 1 saturated carbocycles. The highest BCUT2D eigenvalue weighted by molar-refractivity contribution is 6.06. The number of H-pyrrole nitrogens is 1. The lowest BCUT2D eigenvalue weighted by Gasteiger charge is -2.35. The molecule has 4 heterocycles. The van der Waals surface area contributed by atoms with Gasteiger partial charge in [0, 0.05) is 44.4 Å². The first-order valence-corrected chi connectivity index (χ1v) is 11.8. The van der Waals surface area contributed by atoms with E-state index in [2.05, 4.69) is 20.3 Å². The second-order valence-electron chi connectivity index (χ2n) is 9.41. The number of aromatic hydroxyl groups is 1. The number of hydrogen-bond acceptors (Lipinski definition) is 7. The molecular weight excluding hydrogens is 466 g/mol. The molecule has 0 unspecified atom stereocenters. The Morgan fingerprint density at radius 3 is 2.72 bits per heavy atom. The third-order valence-corrected chi connectivity index (χ3v) is 6.67. The fourth-order valence-corrected chi connectivity index (χ4v) is 4.43. The Kier molecular flexibility index (Phi) is 5.73. The number of fused-ring (bicyclic) bond motifs is 2. The summed E-state index contributed by atoms with van der Waals surface area (Å²) in [6, 6.07) is 1.000. The van der Waals surface area contributed by atoms with Gasteiger partial charge < -0.3 is 24.9 Å². The number of anilines is 1. The van der Waals surface area contributed by atoms with Crippen LogP contribution >= 0.6 is 0 Å². The molecule has 3 N–H and O–H groups in total. The van der Waals surface area contributed by atoms with Crippen LogP contribution in [-0.2, 0) is 11.3 Å². The second kappa shape index (κ2) is 8.77. The minimum atomic E-state index is -0.761. The van der Waals surface area contributed by atoms with Crippen LogP contribution in [0.1, 0.15) is 59.1 Å². The highest BCUT2D eigenvalue weighted by Crippen LogP contribution is 2.39. The Morgan fingerprint density at radius 2 is 2.03 bits per heavy atom. The fraction of sp³-hybridized carbons (Fsp3) is 0.417. The summed E-state index contributed by atoms with van der Waals surface area (Å²) in [6.07, 6.45) is 5.32. The Labute approximate surface area is 205 Å². The van der Waals surface area contributed by atoms with Crippen LogP contribution in [0.3, 0.4) is 0 Å². The zero-order chi connectivity index (χ0) is 25.7. The summed E-state index contributed by atoms with van der Waals surface area (Å²) in [5.41, 5.74) is 1.16. The van der Waals surface area contributed by atoms with Gasteiger partial charge in [0.2, 0.25) is 11.3 Å². The maximum atomic E-state index is 13.0. The first-order chi connectivity index (χ1) is 17.2. The van der Waals surface area contributed by atoms with E-state index in [4.69, 9.17) is 0 Å². The number of pyridine rings is 1. The van der Waals surface area contributed by atoms with Gasteiger partial charge in [-0.15, -0.1) is 0 Å². The Bertz CT molecular complexity index is 1450. The summed E-state index contributed by atoms with van der Waals surface area (Å²) in [4.78, 5) is 65.8. The third-order valence-electron chi connectivity index (χ3n) is 6.67. The molecule has 0 bridgehead atoms. The molecule has 0 radical (unpaired) electrons.